The number of halogens is 1. The van der Waals surface area contributed by atoms with E-state index in [1.165, 1.54) is 16.5 Å². The molecule has 1 unspecified atom stereocenters. The zero-order valence-corrected chi connectivity index (χ0v) is 12.8. The van der Waals surface area contributed by atoms with Crippen LogP contribution in [0.3, 0.4) is 0 Å². The highest BCUT2D eigenvalue weighted by Crippen LogP contribution is 2.30. The molecule has 2 aromatic heterocycles. The maximum atomic E-state index is 4.36. The number of rotatable bonds is 3. The van der Waals surface area contributed by atoms with Gasteiger partial charge in [-0.3, -0.25) is 4.98 Å². The summed E-state index contributed by atoms with van der Waals surface area (Å²) >= 11 is 5.23. The largest absolute Gasteiger partial charge is 0.309 e. The fraction of sp³-hybridized carbons (Fsp3) is 0.133. The van der Waals surface area contributed by atoms with Crippen LogP contribution in [-0.2, 0) is 0 Å². The number of benzene rings is 1. The Labute approximate surface area is 124 Å². The van der Waals surface area contributed by atoms with Crippen molar-refractivity contribution < 1.29 is 0 Å². The number of pyridine rings is 1. The fourth-order valence-electron chi connectivity index (χ4n) is 2.27. The van der Waals surface area contributed by atoms with Gasteiger partial charge < -0.3 is 5.32 Å². The third-order valence-corrected chi connectivity index (χ3v) is 4.69. The molecule has 0 aliphatic heterocycles. The van der Waals surface area contributed by atoms with Crippen LogP contribution < -0.4 is 5.32 Å². The number of hydrogen-bond acceptors (Lipinski definition) is 3. The van der Waals surface area contributed by atoms with E-state index in [0.717, 1.165) is 9.30 Å². The van der Waals surface area contributed by atoms with Gasteiger partial charge in [-0.1, -0.05) is 12.1 Å². The number of fused-ring (bicyclic) bond motifs is 1. The Balaban J connectivity index is 2.06. The summed E-state index contributed by atoms with van der Waals surface area (Å²) in [4.78, 5) is 4.36. The van der Waals surface area contributed by atoms with Crippen molar-refractivity contribution in [3.8, 4) is 0 Å². The van der Waals surface area contributed by atoms with Crippen LogP contribution in [0.4, 0.5) is 0 Å². The van der Waals surface area contributed by atoms with E-state index in [1.54, 1.807) is 11.3 Å². The lowest BCUT2D eigenvalue weighted by atomic mass is 10.00. The molecule has 0 fully saturated rings. The molecule has 0 radical (unpaired) electrons. The average Bonchev–Trinajstić information content (AvgIpc) is 2.86. The van der Waals surface area contributed by atoms with Gasteiger partial charge in [-0.05, 0) is 63.8 Å². The first-order chi connectivity index (χ1) is 9.28. The summed E-state index contributed by atoms with van der Waals surface area (Å²) in [6.45, 7) is 0. The lowest BCUT2D eigenvalue weighted by Gasteiger charge is -2.16. The summed E-state index contributed by atoms with van der Waals surface area (Å²) < 4.78 is 1.16. The molecule has 96 valence electrons. The van der Waals surface area contributed by atoms with Crippen molar-refractivity contribution in [1.29, 1.82) is 0 Å². The quantitative estimate of drug-likeness (QED) is 0.770. The Hall–Kier alpha value is -1.23. The van der Waals surface area contributed by atoms with Gasteiger partial charge in [0, 0.05) is 11.6 Å². The minimum absolute atomic E-state index is 0.215. The molecule has 19 heavy (non-hydrogen) atoms. The molecule has 2 heterocycles. The van der Waals surface area contributed by atoms with Crippen LogP contribution in [-0.4, -0.2) is 12.0 Å². The SMILES string of the molecule is CNC(c1csc(Br)c1)c1ccc2ncccc2c1. The monoisotopic (exact) mass is 332 g/mol. The highest BCUT2D eigenvalue weighted by atomic mass is 79.9. The van der Waals surface area contributed by atoms with E-state index in [-0.39, 0.29) is 6.04 Å². The van der Waals surface area contributed by atoms with Crippen LogP contribution in [0, 0.1) is 0 Å². The van der Waals surface area contributed by atoms with Gasteiger partial charge in [0.2, 0.25) is 0 Å². The van der Waals surface area contributed by atoms with Crippen molar-refractivity contribution in [2.75, 3.05) is 7.05 Å². The molecule has 0 bridgehead atoms. The van der Waals surface area contributed by atoms with Crippen molar-refractivity contribution in [2.45, 2.75) is 6.04 Å². The summed E-state index contributed by atoms with van der Waals surface area (Å²) in [5.41, 5.74) is 3.57. The number of aromatic nitrogens is 1. The van der Waals surface area contributed by atoms with E-state index >= 15 is 0 Å². The highest BCUT2D eigenvalue weighted by Gasteiger charge is 2.13. The second kappa shape index (κ2) is 5.41. The molecule has 0 saturated heterocycles. The number of hydrogen-bond donors (Lipinski definition) is 1. The maximum Gasteiger partial charge on any atom is 0.0702 e. The van der Waals surface area contributed by atoms with Gasteiger partial charge in [0.05, 0.1) is 15.3 Å². The Morgan fingerprint density at radius 1 is 1.21 bits per heavy atom. The van der Waals surface area contributed by atoms with E-state index in [4.69, 9.17) is 0 Å². The van der Waals surface area contributed by atoms with Crippen LogP contribution >= 0.6 is 27.3 Å². The molecular weight excluding hydrogens is 320 g/mol. The van der Waals surface area contributed by atoms with Gasteiger partial charge in [-0.2, -0.15) is 0 Å². The molecule has 0 aliphatic rings. The smallest absolute Gasteiger partial charge is 0.0702 e. The molecule has 0 aliphatic carbocycles. The summed E-state index contributed by atoms with van der Waals surface area (Å²) in [5, 5.41) is 6.73. The van der Waals surface area contributed by atoms with Gasteiger partial charge in [0.1, 0.15) is 0 Å². The second-order valence-electron chi connectivity index (χ2n) is 4.36. The fourth-order valence-corrected chi connectivity index (χ4v) is 3.48. The van der Waals surface area contributed by atoms with Crippen LogP contribution in [0.15, 0.2) is 51.8 Å². The summed E-state index contributed by atoms with van der Waals surface area (Å²) in [6, 6.07) is 12.9. The summed E-state index contributed by atoms with van der Waals surface area (Å²) in [6.07, 6.45) is 1.83. The van der Waals surface area contributed by atoms with Crippen LogP contribution in [0.1, 0.15) is 17.2 Å². The van der Waals surface area contributed by atoms with Crippen LogP contribution in [0.5, 0.6) is 0 Å². The topological polar surface area (TPSA) is 24.9 Å². The molecule has 1 aromatic carbocycles. The van der Waals surface area contributed by atoms with Gasteiger partial charge in [-0.25, -0.2) is 0 Å². The minimum Gasteiger partial charge on any atom is -0.309 e. The Bertz CT molecular complexity index is 708. The number of nitrogens with zero attached hydrogens (tertiary/aromatic N) is 1. The van der Waals surface area contributed by atoms with Crippen molar-refractivity contribution in [2.24, 2.45) is 0 Å². The van der Waals surface area contributed by atoms with Crippen molar-refractivity contribution in [1.82, 2.24) is 10.3 Å². The van der Waals surface area contributed by atoms with E-state index < -0.39 is 0 Å². The van der Waals surface area contributed by atoms with Gasteiger partial charge in [-0.15, -0.1) is 11.3 Å². The zero-order chi connectivity index (χ0) is 13.2. The summed E-state index contributed by atoms with van der Waals surface area (Å²) in [5.74, 6) is 0. The lowest BCUT2D eigenvalue weighted by Crippen LogP contribution is -2.16. The Morgan fingerprint density at radius 3 is 2.84 bits per heavy atom. The first-order valence-electron chi connectivity index (χ1n) is 6.04. The maximum absolute atomic E-state index is 4.36. The number of thiophene rings is 1. The molecule has 4 heteroatoms. The minimum atomic E-state index is 0.215. The van der Waals surface area contributed by atoms with Gasteiger partial charge in [0.25, 0.3) is 0 Å². The third-order valence-electron chi connectivity index (χ3n) is 3.17. The molecule has 0 saturated carbocycles. The van der Waals surface area contributed by atoms with Crippen molar-refractivity contribution in [3.05, 3.63) is 62.9 Å². The molecule has 1 N–H and O–H groups in total. The third kappa shape index (κ3) is 2.56. The van der Waals surface area contributed by atoms with Gasteiger partial charge >= 0.3 is 0 Å². The highest BCUT2D eigenvalue weighted by molar-refractivity contribution is 9.11. The molecule has 3 aromatic rings. The van der Waals surface area contributed by atoms with E-state index in [0.29, 0.717) is 0 Å². The molecule has 3 rings (SSSR count). The number of nitrogens with one attached hydrogen (secondary N) is 1. The van der Waals surface area contributed by atoms with Crippen LogP contribution in [0.2, 0.25) is 0 Å². The normalized spacial score (nSPS) is 12.7. The Morgan fingerprint density at radius 2 is 2.11 bits per heavy atom. The first kappa shape index (κ1) is 12.8. The van der Waals surface area contributed by atoms with E-state index in [9.17, 15) is 0 Å². The average molecular weight is 333 g/mol. The Kier molecular flexibility index (Phi) is 3.64. The first-order valence-corrected chi connectivity index (χ1v) is 7.71. The molecule has 0 spiro atoms. The van der Waals surface area contributed by atoms with Crippen molar-refractivity contribution in [3.63, 3.8) is 0 Å². The standard InChI is InChI=1S/C15H13BrN2S/c1-17-15(12-8-14(16)19-9-12)11-4-5-13-10(7-11)3-2-6-18-13/h2-9,15,17H,1H3. The summed E-state index contributed by atoms with van der Waals surface area (Å²) in [7, 11) is 1.99. The van der Waals surface area contributed by atoms with E-state index in [1.807, 2.05) is 19.3 Å². The van der Waals surface area contributed by atoms with E-state index in [2.05, 4.69) is 61.9 Å². The lowest BCUT2D eigenvalue weighted by molar-refractivity contribution is 0.695. The molecule has 0 amide bonds. The second-order valence-corrected chi connectivity index (χ2v) is 6.65. The van der Waals surface area contributed by atoms with Gasteiger partial charge in [0.15, 0.2) is 0 Å². The molecular formula is C15H13BrN2S. The molecule has 2 nitrogen and oxygen atoms in total. The molecule has 1 atom stereocenters. The van der Waals surface area contributed by atoms with Crippen LogP contribution in [0.25, 0.3) is 10.9 Å². The predicted octanol–water partition coefficient (Wildman–Crippen LogP) is 4.37. The predicted molar refractivity (Wildman–Crippen MR) is 84.7 cm³/mol. The van der Waals surface area contributed by atoms with Crippen molar-refractivity contribution >= 4 is 38.2 Å². The zero-order valence-electron chi connectivity index (χ0n) is 10.4.